The average Bonchev–Trinajstić information content (AvgIpc) is 2.81. The summed E-state index contributed by atoms with van der Waals surface area (Å²) >= 11 is 1.45. The van der Waals surface area contributed by atoms with E-state index in [1.807, 2.05) is 6.92 Å². The minimum atomic E-state index is -3.87. The monoisotopic (exact) mass is 333 g/mol. The van der Waals surface area contributed by atoms with E-state index in [-0.39, 0.29) is 17.3 Å². The summed E-state index contributed by atoms with van der Waals surface area (Å²) in [5.74, 6) is 0.366. The number of nitrogens with zero attached hydrogens (tertiary/aromatic N) is 3. The van der Waals surface area contributed by atoms with Crippen LogP contribution in [0.3, 0.4) is 0 Å². The number of carbonyl (C=O) groups is 1. The Morgan fingerprint density at radius 3 is 2.90 bits per heavy atom. The number of carboxylic acids is 1. The quantitative estimate of drug-likeness (QED) is 0.856. The van der Waals surface area contributed by atoms with E-state index >= 15 is 0 Å². The fraction of sp³-hybridized carbons (Fsp3) is 0.667. The summed E-state index contributed by atoms with van der Waals surface area (Å²) in [4.78, 5) is 15.4. The van der Waals surface area contributed by atoms with E-state index < -0.39 is 22.0 Å². The summed E-state index contributed by atoms with van der Waals surface area (Å²) in [7, 11) is -3.87. The Kier molecular flexibility index (Phi) is 4.95. The molecule has 1 N–H and O–H groups in total. The lowest BCUT2D eigenvalue weighted by Gasteiger charge is -2.30. The smallest absolute Gasteiger partial charge is 0.322 e. The number of sulfonamides is 1. The summed E-state index contributed by atoms with van der Waals surface area (Å²) < 4.78 is 28.1. The van der Waals surface area contributed by atoms with Gasteiger partial charge in [-0.25, -0.2) is 13.4 Å². The predicted molar refractivity (Wildman–Crippen MR) is 79.9 cm³/mol. The zero-order chi connectivity index (χ0) is 15.6. The van der Waals surface area contributed by atoms with Crippen molar-refractivity contribution in [3.63, 3.8) is 0 Å². The molecule has 118 valence electrons. The first-order valence-electron chi connectivity index (χ1n) is 6.74. The van der Waals surface area contributed by atoms with Crippen molar-refractivity contribution >= 4 is 27.8 Å². The van der Waals surface area contributed by atoms with Crippen LogP contribution in [0, 0.1) is 6.92 Å². The maximum atomic E-state index is 12.6. The Labute approximate surface area is 128 Å². The number of hydrogen-bond donors (Lipinski definition) is 1. The van der Waals surface area contributed by atoms with Crippen LogP contribution in [0.15, 0.2) is 11.2 Å². The molecule has 1 unspecified atom stereocenters. The molecule has 1 aliphatic heterocycles. The highest BCUT2D eigenvalue weighted by Gasteiger charge is 2.39. The topological polar surface area (TPSA) is 92.5 Å². The summed E-state index contributed by atoms with van der Waals surface area (Å²) in [6.45, 7) is 4.63. The van der Waals surface area contributed by atoms with Crippen LogP contribution in [-0.2, 0) is 21.4 Å². The fourth-order valence-corrected chi connectivity index (χ4v) is 5.09. The van der Waals surface area contributed by atoms with Crippen molar-refractivity contribution < 1.29 is 18.3 Å². The molecule has 1 aromatic heterocycles. The molecular formula is C12H19N3O4S2. The molecule has 9 heteroatoms. The Morgan fingerprint density at radius 1 is 1.57 bits per heavy atom. The van der Waals surface area contributed by atoms with E-state index in [0.29, 0.717) is 18.1 Å². The minimum Gasteiger partial charge on any atom is -0.480 e. The molecule has 2 rings (SSSR count). The molecule has 21 heavy (non-hydrogen) atoms. The number of carboxylic acid groups (broad SMARTS) is 1. The Bertz CT molecular complexity index is 626. The molecule has 0 saturated carbocycles. The average molecular weight is 333 g/mol. The van der Waals surface area contributed by atoms with E-state index in [1.165, 1.54) is 18.0 Å². The maximum Gasteiger partial charge on any atom is 0.322 e. The third-order valence-corrected chi connectivity index (χ3v) is 6.16. The predicted octanol–water partition coefficient (Wildman–Crippen LogP) is 0.792. The molecule has 0 amide bonds. The van der Waals surface area contributed by atoms with Crippen LogP contribution >= 0.6 is 11.8 Å². The highest BCUT2D eigenvalue weighted by atomic mass is 32.2. The molecule has 2 heterocycles. The zero-order valence-corrected chi connectivity index (χ0v) is 13.7. The Balaban J connectivity index is 2.36. The number of hydrogen-bond acceptors (Lipinski definition) is 5. The van der Waals surface area contributed by atoms with Crippen LogP contribution in [0.5, 0.6) is 0 Å². The van der Waals surface area contributed by atoms with E-state index in [0.717, 1.165) is 10.7 Å². The summed E-state index contributed by atoms with van der Waals surface area (Å²) in [5.41, 5.74) is 0. The minimum absolute atomic E-state index is 0.0633. The molecule has 1 saturated heterocycles. The second-order valence-corrected chi connectivity index (χ2v) is 7.85. The van der Waals surface area contributed by atoms with E-state index in [9.17, 15) is 18.3 Å². The SMILES string of the molecule is CCCn1cc(S(=O)(=O)N2CCSCC2C(=O)O)nc1C. The number of aryl methyl sites for hydroxylation is 2. The Hall–Kier alpha value is -1.06. The van der Waals surface area contributed by atoms with Gasteiger partial charge in [0.15, 0.2) is 5.03 Å². The fourth-order valence-electron chi connectivity index (χ4n) is 2.26. The van der Waals surface area contributed by atoms with Gasteiger partial charge in [-0.05, 0) is 13.3 Å². The highest BCUT2D eigenvalue weighted by Crippen LogP contribution is 2.24. The van der Waals surface area contributed by atoms with Crippen molar-refractivity contribution in [2.75, 3.05) is 18.1 Å². The van der Waals surface area contributed by atoms with Gasteiger partial charge in [-0.2, -0.15) is 16.1 Å². The van der Waals surface area contributed by atoms with Gasteiger partial charge in [-0.15, -0.1) is 0 Å². The van der Waals surface area contributed by atoms with Crippen molar-refractivity contribution in [2.45, 2.75) is 37.9 Å². The zero-order valence-electron chi connectivity index (χ0n) is 12.0. The van der Waals surface area contributed by atoms with Crippen LogP contribution < -0.4 is 0 Å². The second kappa shape index (κ2) is 6.37. The van der Waals surface area contributed by atoms with Gasteiger partial charge in [0.25, 0.3) is 10.0 Å². The number of thioether (sulfide) groups is 1. The van der Waals surface area contributed by atoms with Crippen molar-refractivity contribution in [1.29, 1.82) is 0 Å². The molecule has 0 aromatic carbocycles. The summed E-state index contributed by atoms with van der Waals surface area (Å²) in [6, 6.07) is -1.02. The first-order chi connectivity index (χ1) is 9.87. The second-order valence-electron chi connectivity index (χ2n) is 4.86. The normalized spacial score (nSPS) is 20.6. The van der Waals surface area contributed by atoms with E-state index in [1.54, 1.807) is 11.5 Å². The molecule has 0 radical (unpaired) electrons. The van der Waals surface area contributed by atoms with Crippen molar-refractivity contribution in [3.05, 3.63) is 12.0 Å². The number of rotatable bonds is 5. The molecule has 0 aliphatic carbocycles. The number of aliphatic carboxylic acids is 1. The number of imidazole rings is 1. The molecule has 0 spiro atoms. The lowest BCUT2D eigenvalue weighted by atomic mass is 10.3. The third kappa shape index (κ3) is 3.24. The van der Waals surface area contributed by atoms with Crippen molar-refractivity contribution in [3.8, 4) is 0 Å². The van der Waals surface area contributed by atoms with Gasteiger partial charge in [0, 0.05) is 30.8 Å². The molecule has 0 bridgehead atoms. The highest BCUT2D eigenvalue weighted by molar-refractivity contribution is 7.99. The van der Waals surface area contributed by atoms with Crippen LogP contribution in [-0.4, -0.2) is 57.4 Å². The van der Waals surface area contributed by atoms with Gasteiger partial charge in [0.1, 0.15) is 11.9 Å². The first kappa shape index (κ1) is 16.3. The summed E-state index contributed by atoms with van der Waals surface area (Å²) in [6.07, 6.45) is 2.36. The van der Waals surface area contributed by atoms with Gasteiger partial charge in [-0.3, -0.25) is 4.79 Å². The van der Waals surface area contributed by atoms with Crippen LogP contribution in [0.4, 0.5) is 0 Å². The molecule has 1 atom stereocenters. The molecule has 1 aromatic rings. The van der Waals surface area contributed by atoms with Gasteiger partial charge in [-0.1, -0.05) is 6.92 Å². The van der Waals surface area contributed by atoms with Gasteiger partial charge in [0.2, 0.25) is 0 Å². The summed E-state index contributed by atoms with van der Waals surface area (Å²) in [5, 5.41) is 9.15. The standard InChI is InChI=1S/C12H19N3O4S2/c1-3-4-14-7-11(13-9(14)2)21(18,19)15-5-6-20-8-10(15)12(16)17/h7,10H,3-6,8H2,1-2H3,(H,16,17). The maximum absolute atomic E-state index is 12.6. The largest absolute Gasteiger partial charge is 0.480 e. The molecular weight excluding hydrogens is 314 g/mol. The molecule has 7 nitrogen and oxygen atoms in total. The lowest BCUT2D eigenvalue weighted by Crippen LogP contribution is -2.50. The van der Waals surface area contributed by atoms with Crippen LogP contribution in [0.2, 0.25) is 0 Å². The van der Waals surface area contributed by atoms with Crippen LogP contribution in [0.1, 0.15) is 19.2 Å². The van der Waals surface area contributed by atoms with Crippen molar-refractivity contribution in [1.82, 2.24) is 13.9 Å². The van der Waals surface area contributed by atoms with Crippen LogP contribution in [0.25, 0.3) is 0 Å². The van der Waals surface area contributed by atoms with Gasteiger partial charge < -0.3 is 9.67 Å². The number of aromatic nitrogens is 2. The van der Waals surface area contributed by atoms with Gasteiger partial charge >= 0.3 is 5.97 Å². The third-order valence-electron chi connectivity index (χ3n) is 3.36. The molecule has 1 aliphatic rings. The molecule has 1 fully saturated rings. The first-order valence-corrected chi connectivity index (χ1v) is 9.33. The van der Waals surface area contributed by atoms with Crippen molar-refractivity contribution in [2.24, 2.45) is 0 Å². The van der Waals surface area contributed by atoms with E-state index in [4.69, 9.17) is 0 Å². The van der Waals surface area contributed by atoms with E-state index in [2.05, 4.69) is 4.98 Å². The Morgan fingerprint density at radius 2 is 2.29 bits per heavy atom. The van der Waals surface area contributed by atoms with Gasteiger partial charge in [0.05, 0.1) is 0 Å². The lowest BCUT2D eigenvalue weighted by molar-refractivity contribution is -0.140.